The highest BCUT2D eigenvalue weighted by Gasteiger charge is 2.20. The lowest BCUT2D eigenvalue weighted by Gasteiger charge is -2.34. The van der Waals surface area contributed by atoms with Gasteiger partial charge in [0.1, 0.15) is 5.82 Å². The van der Waals surface area contributed by atoms with E-state index in [-0.39, 0.29) is 0 Å². The first-order valence-electron chi connectivity index (χ1n) is 8.12. The Morgan fingerprint density at radius 1 is 1.13 bits per heavy atom. The summed E-state index contributed by atoms with van der Waals surface area (Å²) in [4.78, 5) is 18.5. The molecule has 3 rings (SSSR count). The van der Waals surface area contributed by atoms with Crippen LogP contribution in [0, 0.1) is 13.8 Å². The lowest BCUT2D eigenvalue weighted by molar-refractivity contribution is 0.246. The van der Waals surface area contributed by atoms with Crippen molar-refractivity contribution in [2.45, 2.75) is 27.3 Å². The molecule has 0 unspecified atom stereocenters. The molecule has 2 aromatic heterocycles. The van der Waals surface area contributed by atoms with E-state index in [1.165, 1.54) is 5.69 Å². The Labute approximate surface area is 141 Å². The van der Waals surface area contributed by atoms with Crippen LogP contribution in [0.2, 0.25) is 0 Å². The summed E-state index contributed by atoms with van der Waals surface area (Å²) in [5.74, 6) is 1.75. The number of thiazole rings is 1. The molecule has 0 atom stereocenters. The molecule has 0 amide bonds. The average Bonchev–Trinajstić information content (AvgIpc) is 2.93. The van der Waals surface area contributed by atoms with Gasteiger partial charge < -0.3 is 10.2 Å². The molecular formula is C16H24N6S. The van der Waals surface area contributed by atoms with Gasteiger partial charge in [-0.3, -0.25) is 4.90 Å². The van der Waals surface area contributed by atoms with E-state index in [0.29, 0.717) is 0 Å². The Hall–Kier alpha value is -1.73. The van der Waals surface area contributed by atoms with E-state index >= 15 is 0 Å². The molecule has 0 aliphatic carbocycles. The molecule has 0 aromatic carbocycles. The molecule has 1 saturated heterocycles. The first-order valence-corrected chi connectivity index (χ1v) is 9.00. The second-order valence-corrected chi connectivity index (χ2v) is 6.91. The minimum atomic E-state index is 0.838. The zero-order valence-electron chi connectivity index (χ0n) is 14.0. The maximum Gasteiger partial charge on any atom is 0.227 e. The number of anilines is 2. The Morgan fingerprint density at radius 2 is 1.91 bits per heavy atom. The maximum atomic E-state index is 4.63. The molecule has 0 radical (unpaired) electrons. The number of rotatable bonds is 5. The minimum absolute atomic E-state index is 0.838. The van der Waals surface area contributed by atoms with Crippen molar-refractivity contribution in [2.24, 2.45) is 0 Å². The lowest BCUT2D eigenvalue weighted by atomic mass is 10.3. The molecule has 7 heteroatoms. The van der Waals surface area contributed by atoms with Gasteiger partial charge in [-0.15, -0.1) is 11.3 Å². The number of hydrogen-bond acceptors (Lipinski definition) is 7. The van der Waals surface area contributed by atoms with Gasteiger partial charge in [-0.25, -0.2) is 9.97 Å². The molecule has 1 aliphatic heterocycles. The van der Waals surface area contributed by atoms with E-state index in [1.807, 2.05) is 13.0 Å². The third kappa shape index (κ3) is 4.17. The van der Waals surface area contributed by atoms with Gasteiger partial charge in [0.2, 0.25) is 5.95 Å². The van der Waals surface area contributed by atoms with Gasteiger partial charge in [0.25, 0.3) is 0 Å². The van der Waals surface area contributed by atoms with Crippen molar-refractivity contribution in [3.8, 4) is 0 Å². The van der Waals surface area contributed by atoms with Gasteiger partial charge in [0.15, 0.2) is 0 Å². The van der Waals surface area contributed by atoms with Crippen molar-refractivity contribution < 1.29 is 0 Å². The Morgan fingerprint density at radius 3 is 2.57 bits per heavy atom. The molecule has 3 heterocycles. The van der Waals surface area contributed by atoms with Crippen molar-refractivity contribution in [1.82, 2.24) is 19.9 Å². The van der Waals surface area contributed by atoms with Crippen LogP contribution in [-0.2, 0) is 6.54 Å². The fourth-order valence-corrected chi connectivity index (χ4v) is 3.39. The van der Waals surface area contributed by atoms with Crippen LogP contribution in [0.15, 0.2) is 11.4 Å². The molecule has 1 N–H and O–H groups in total. The molecular weight excluding hydrogens is 308 g/mol. The van der Waals surface area contributed by atoms with E-state index in [2.05, 4.69) is 49.3 Å². The Kier molecular flexibility index (Phi) is 5.07. The van der Waals surface area contributed by atoms with E-state index in [4.69, 9.17) is 0 Å². The van der Waals surface area contributed by atoms with E-state index < -0.39 is 0 Å². The maximum absolute atomic E-state index is 4.63. The summed E-state index contributed by atoms with van der Waals surface area (Å²) < 4.78 is 0. The number of hydrogen-bond donors (Lipinski definition) is 1. The quantitative estimate of drug-likeness (QED) is 0.907. The van der Waals surface area contributed by atoms with Gasteiger partial charge in [-0.2, -0.15) is 4.98 Å². The summed E-state index contributed by atoms with van der Waals surface area (Å²) in [7, 11) is 0. The third-order valence-corrected chi connectivity index (χ3v) is 4.73. The molecule has 0 spiro atoms. The minimum Gasteiger partial charge on any atom is -0.370 e. The fourth-order valence-electron chi connectivity index (χ4n) is 2.78. The number of nitrogens with one attached hydrogen (secondary N) is 1. The summed E-state index contributed by atoms with van der Waals surface area (Å²) in [6.07, 6.45) is 0. The van der Waals surface area contributed by atoms with E-state index in [1.54, 1.807) is 11.3 Å². The number of piperazine rings is 1. The number of aromatic nitrogens is 3. The molecule has 0 bridgehead atoms. The van der Waals surface area contributed by atoms with Crippen LogP contribution in [0.4, 0.5) is 11.8 Å². The molecule has 0 saturated carbocycles. The van der Waals surface area contributed by atoms with E-state index in [0.717, 1.165) is 61.7 Å². The first kappa shape index (κ1) is 16.1. The van der Waals surface area contributed by atoms with Crippen LogP contribution in [0.1, 0.15) is 23.3 Å². The summed E-state index contributed by atoms with van der Waals surface area (Å²) in [6.45, 7) is 11.9. The van der Waals surface area contributed by atoms with Gasteiger partial charge >= 0.3 is 0 Å². The van der Waals surface area contributed by atoms with Crippen LogP contribution in [-0.4, -0.2) is 52.6 Å². The van der Waals surface area contributed by atoms with Crippen molar-refractivity contribution in [1.29, 1.82) is 0 Å². The lowest BCUT2D eigenvalue weighted by Crippen LogP contribution is -2.46. The summed E-state index contributed by atoms with van der Waals surface area (Å²) in [6, 6.07) is 1.99. The molecule has 6 nitrogen and oxygen atoms in total. The Bertz CT molecular complexity index is 648. The normalized spacial score (nSPS) is 15.9. The predicted octanol–water partition coefficient (Wildman–Crippen LogP) is 2.30. The Balaban J connectivity index is 1.60. The molecule has 1 fully saturated rings. The average molecular weight is 332 g/mol. The van der Waals surface area contributed by atoms with Crippen molar-refractivity contribution in [2.75, 3.05) is 42.9 Å². The predicted molar refractivity (Wildman–Crippen MR) is 95.3 cm³/mol. The highest BCUT2D eigenvalue weighted by molar-refractivity contribution is 7.09. The highest BCUT2D eigenvalue weighted by atomic mass is 32.1. The largest absolute Gasteiger partial charge is 0.370 e. The number of nitrogens with zero attached hydrogens (tertiary/aromatic N) is 5. The molecule has 124 valence electrons. The van der Waals surface area contributed by atoms with Crippen LogP contribution >= 0.6 is 11.3 Å². The van der Waals surface area contributed by atoms with Gasteiger partial charge in [-0.05, 0) is 20.8 Å². The van der Waals surface area contributed by atoms with E-state index in [9.17, 15) is 0 Å². The fraction of sp³-hybridized carbons (Fsp3) is 0.562. The first-order chi connectivity index (χ1) is 11.1. The van der Waals surface area contributed by atoms with Crippen LogP contribution in [0.25, 0.3) is 0 Å². The zero-order valence-corrected chi connectivity index (χ0v) is 14.9. The van der Waals surface area contributed by atoms with Gasteiger partial charge in [0.05, 0.1) is 10.7 Å². The second-order valence-electron chi connectivity index (χ2n) is 5.85. The summed E-state index contributed by atoms with van der Waals surface area (Å²) in [5, 5.41) is 6.58. The molecule has 1 aliphatic rings. The van der Waals surface area contributed by atoms with Crippen molar-refractivity contribution in [3.05, 3.63) is 27.8 Å². The van der Waals surface area contributed by atoms with Crippen molar-refractivity contribution >= 4 is 23.1 Å². The summed E-state index contributed by atoms with van der Waals surface area (Å²) in [5.41, 5.74) is 2.19. The molecule has 23 heavy (non-hydrogen) atoms. The molecule has 2 aromatic rings. The smallest absolute Gasteiger partial charge is 0.227 e. The van der Waals surface area contributed by atoms with Crippen LogP contribution < -0.4 is 10.2 Å². The topological polar surface area (TPSA) is 57.2 Å². The number of aryl methyl sites for hydroxylation is 2. The standard InChI is InChI=1S/C16H24N6S/c1-4-17-15-9-12(2)18-16(20-15)22-7-5-21(6-8-22)10-14-11-23-13(3)19-14/h9,11H,4-8,10H2,1-3H3,(H,17,18,20). The monoisotopic (exact) mass is 332 g/mol. The van der Waals surface area contributed by atoms with Gasteiger partial charge in [-0.1, -0.05) is 0 Å². The zero-order chi connectivity index (χ0) is 16.2. The SMILES string of the molecule is CCNc1cc(C)nc(N2CCN(Cc3csc(C)n3)CC2)n1. The third-order valence-electron chi connectivity index (χ3n) is 3.91. The van der Waals surface area contributed by atoms with Crippen molar-refractivity contribution in [3.63, 3.8) is 0 Å². The van der Waals surface area contributed by atoms with Gasteiger partial charge in [0, 0.05) is 56.4 Å². The second kappa shape index (κ2) is 7.23. The highest BCUT2D eigenvalue weighted by Crippen LogP contribution is 2.17. The summed E-state index contributed by atoms with van der Waals surface area (Å²) >= 11 is 1.72. The van der Waals surface area contributed by atoms with Crippen LogP contribution in [0.3, 0.4) is 0 Å². The van der Waals surface area contributed by atoms with Crippen LogP contribution in [0.5, 0.6) is 0 Å².